The van der Waals surface area contributed by atoms with Crippen LogP contribution in [0, 0.1) is 5.92 Å². The van der Waals surface area contributed by atoms with E-state index in [4.69, 9.17) is 23.2 Å². The minimum absolute atomic E-state index is 0.149. The smallest absolute Gasteiger partial charge is 0.368 e. The average molecular weight is 497 g/mol. The van der Waals surface area contributed by atoms with Gasteiger partial charge in [-0.15, -0.1) is 5.10 Å². The maximum atomic E-state index is 13.3. The van der Waals surface area contributed by atoms with E-state index in [1.807, 2.05) is 24.3 Å². The number of halogens is 2. The van der Waals surface area contributed by atoms with Crippen LogP contribution in [0.2, 0.25) is 10.0 Å². The van der Waals surface area contributed by atoms with Crippen LogP contribution in [-0.4, -0.2) is 30.5 Å². The van der Waals surface area contributed by atoms with E-state index >= 15 is 0 Å². The number of aliphatic carboxylic acids is 1. The number of fused-ring (bicyclic) bond motifs is 1. The minimum atomic E-state index is -1.05. The highest BCUT2D eigenvalue weighted by Gasteiger charge is 2.34. The zero-order valence-electron chi connectivity index (χ0n) is 18.2. The van der Waals surface area contributed by atoms with Crippen LogP contribution in [0.25, 0.3) is 27.9 Å². The van der Waals surface area contributed by atoms with Gasteiger partial charge in [0.05, 0.1) is 6.20 Å². The largest absolute Gasteiger partial charge is 0.480 e. The third-order valence-corrected chi connectivity index (χ3v) is 6.98. The molecule has 0 radical (unpaired) electrons. The molecule has 0 saturated heterocycles. The molecule has 2 aromatic carbocycles. The predicted octanol–water partition coefficient (Wildman–Crippen LogP) is 5.74. The Morgan fingerprint density at radius 1 is 0.941 bits per heavy atom. The van der Waals surface area contributed by atoms with Crippen molar-refractivity contribution in [3.05, 3.63) is 75.3 Å². The molecule has 1 saturated carbocycles. The van der Waals surface area contributed by atoms with Gasteiger partial charge < -0.3 is 5.11 Å². The van der Waals surface area contributed by atoms with Crippen molar-refractivity contribution in [2.45, 2.75) is 38.1 Å². The fourth-order valence-corrected chi connectivity index (χ4v) is 5.07. The van der Waals surface area contributed by atoms with Crippen molar-refractivity contribution in [3.63, 3.8) is 0 Å². The summed E-state index contributed by atoms with van der Waals surface area (Å²) in [5.41, 5.74) is 2.76. The van der Waals surface area contributed by atoms with Crippen molar-refractivity contribution in [3.8, 4) is 22.3 Å². The molecule has 0 spiro atoms. The molecule has 1 atom stereocenters. The predicted molar refractivity (Wildman–Crippen MR) is 131 cm³/mol. The quantitative estimate of drug-likeness (QED) is 0.380. The minimum Gasteiger partial charge on any atom is -0.480 e. The number of aromatic nitrogens is 4. The molecule has 1 aliphatic rings. The molecule has 2 aromatic heterocycles. The lowest BCUT2D eigenvalue weighted by Gasteiger charge is -2.26. The van der Waals surface area contributed by atoms with Gasteiger partial charge in [-0.05, 0) is 54.2 Å². The SMILES string of the molecule is O=C(O)C(C1CCCCC1)n1nc2c(-c3ccc(Cl)cc3)c(-c3ccc(Cl)cc3)cnn2c1=O. The number of nitrogens with zero attached hydrogens (tertiary/aromatic N) is 4. The fraction of sp³-hybridized carbons (Fsp3) is 0.280. The zero-order chi connectivity index (χ0) is 23.8. The highest BCUT2D eigenvalue weighted by atomic mass is 35.5. The van der Waals surface area contributed by atoms with E-state index < -0.39 is 17.7 Å². The second kappa shape index (κ2) is 9.24. The lowest BCUT2D eigenvalue weighted by molar-refractivity contribution is -0.143. The molecule has 4 aromatic rings. The van der Waals surface area contributed by atoms with Crippen molar-refractivity contribution >= 4 is 34.8 Å². The molecule has 1 N–H and O–H groups in total. The van der Waals surface area contributed by atoms with Crippen LogP contribution >= 0.6 is 23.2 Å². The Kier molecular flexibility index (Phi) is 6.15. The Morgan fingerprint density at radius 3 is 2.12 bits per heavy atom. The first-order chi connectivity index (χ1) is 16.4. The molecule has 0 amide bonds. The van der Waals surface area contributed by atoms with Gasteiger partial charge in [-0.3, -0.25) is 0 Å². The number of benzene rings is 2. The molecule has 0 aliphatic heterocycles. The van der Waals surface area contributed by atoms with E-state index in [9.17, 15) is 14.7 Å². The lowest BCUT2D eigenvalue weighted by Crippen LogP contribution is -2.36. The van der Waals surface area contributed by atoms with Gasteiger partial charge in [0.15, 0.2) is 11.7 Å². The summed E-state index contributed by atoms with van der Waals surface area (Å²) in [7, 11) is 0. The van der Waals surface area contributed by atoms with Gasteiger partial charge in [-0.25, -0.2) is 9.59 Å². The molecule has 1 fully saturated rings. The molecule has 0 bridgehead atoms. The summed E-state index contributed by atoms with van der Waals surface area (Å²) in [5, 5.41) is 20.2. The third kappa shape index (κ3) is 4.10. The first-order valence-corrected chi connectivity index (χ1v) is 11.9. The second-order valence-electron chi connectivity index (χ2n) is 8.59. The summed E-state index contributed by atoms with van der Waals surface area (Å²) in [6, 6.07) is 13.5. The highest BCUT2D eigenvalue weighted by molar-refractivity contribution is 6.31. The number of carboxylic acids is 1. The van der Waals surface area contributed by atoms with Crippen molar-refractivity contribution in [2.75, 3.05) is 0 Å². The molecule has 1 aliphatic carbocycles. The van der Waals surface area contributed by atoms with Gasteiger partial charge in [0, 0.05) is 21.2 Å². The zero-order valence-corrected chi connectivity index (χ0v) is 19.7. The molecule has 5 rings (SSSR count). The summed E-state index contributed by atoms with van der Waals surface area (Å²) >= 11 is 12.2. The molecule has 2 heterocycles. The number of hydrogen-bond acceptors (Lipinski definition) is 4. The standard InChI is InChI=1S/C25H22Cl2N4O3/c26-18-10-6-15(7-11-18)20-14-28-31-23(21(20)16-8-12-19(27)13-9-16)29-30(25(31)34)22(24(32)33)17-4-2-1-3-5-17/h6-14,17,22H,1-5H2,(H,32,33). The van der Waals surface area contributed by atoms with E-state index in [0.717, 1.165) is 53.5 Å². The van der Waals surface area contributed by atoms with Crippen molar-refractivity contribution in [2.24, 2.45) is 5.92 Å². The van der Waals surface area contributed by atoms with Crippen LogP contribution in [0.1, 0.15) is 38.1 Å². The summed E-state index contributed by atoms with van der Waals surface area (Å²) in [6.07, 6.45) is 6.09. The maximum absolute atomic E-state index is 13.3. The van der Waals surface area contributed by atoms with Crippen LogP contribution in [0.15, 0.2) is 59.5 Å². The Labute approximate surface area is 205 Å². The van der Waals surface area contributed by atoms with Crippen molar-refractivity contribution in [1.82, 2.24) is 19.4 Å². The summed E-state index contributed by atoms with van der Waals surface area (Å²) < 4.78 is 2.29. The van der Waals surface area contributed by atoms with Crippen molar-refractivity contribution < 1.29 is 9.90 Å². The fourth-order valence-electron chi connectivity index (χ4n) is 4.82. The van der Waals surface area contributed by atoms with E-state index in [1.165, 1.54) is 4.52 Å². The Hall–Kier alpha value is -3.16. The van der Waals surface area contributed by atoms with Crippen LogP contribution < -0.4 is 5.69 Å². The number of rotatable bonds is 5. The van der Waals surface area contributed by atoms with Gasteiger partial charge in [0.1, 0.15) is 0 Å². The topological polar surface area (TPSA) is 89.5 Å². The lowest BCUT2D eigenvalue weighted by atomic mass is 9.84. The van der Waals surface area contributed by atoms with Gasteiger partial charge in [0.25, 0.3) is 0 Å². The number of carbonyl (C=O) groups is 1. The van der Waals surface area contributed by atoms with Gasteiger partial charge in [-0.1, -0.05) is 66.7 Å². The molecule has 174 valence electrons. The normalized spacial score (nSPS) is 15.5. The Bertz CT molecular complexity index is 1410. The summed E-state index contributed by atoms with van der Waals surface area (Å²) in [5.74, 6) is -1.20. The summed E-state index contributed by atoms with van der Waals surface area (Å²) in [4.78, 5) is 25.6. The Morgan fingerprint density at radius 2 is 1.53 bits per heavy atom. The van der Waals surface area contributed by atoms with Gasteiger partial charge >= 0.3 is 11.7 Å². The third-order valence-electron chi connectivity index (χ3n) is 6.48. The summed E-state index contributed by atoms with van der Waals surface area (Å²) in [6.45, 7) is 0. The highest BCUT2D eigenvalue weighted by Crippen LogP contribution is 2.36. The van der Waals surface area contributed by atoms with E-state index in [-0.39, 0.29) is 5.92 Å². The van der Waals surface area contributed by atoms with Crippen LogP contribution in [0.5, 0.6) is 0 Å². The second-order valence-corrected chi connectivity index (χ2v) is 9.46. The van der Waals surface area contributed by atoms with Crippen molar-refractivity contribution in [1.29, 1.82) is 0 Å². The molecule has 7 nitrogen and oxygen atoms in total. The number of hydrogen-bond donors (Lipinski definition) is 1. The van der Waals surface area contributed by atoms with E-state index in [0.29, 0.717) is 21.3 Å². The first kappa shape index (κ1) is 22.6. The van der Waals surface area contributed by atoms with Crippen LogP contribution in [-0.2, 0) is 4.79 Å². The average Bonchev–Trinajstić information content (AvgIpc) is 3.16. The van der Waals surface area contributed by atoms with Crippen LogP contribution in [0.4, 0.5) is 0 Å². The van der Waals surface area contributed by atoms with Gasteiger partial charge in [0.2, 0.25) is 0 Å². The first-order valence-electron chi connectivity index (χ1n) is 11.2. The Balaban J connectivity index is 1.76. The van der Waals surface area contributed by atoms with E-state index in [1.54, 1.807) is 30.5 Å². The van der Waals surface area contributed by atoms with Crippen LogP contribution in [0.3, 0.4) is 0 Å². The van der Waals surface area contributed by atoms with E-state index in [2.05, 4.69) is 10.2 Å². The maximum Gasteiger partial charge on any atom is 0.368 e. The monoisotopic (exact) mass is 496 g/mol. The molecule has 1 unspecified atom stereocenters. The molecular formula is C25H22Cl2N4O3. The molecule has 9 heteroatoms. The number of carboxylic acid groups (broad SMARTS) is 1. The molecular weight excluding hydrogens is 475 g/mol. The molecule has 34 heavy (non-hydrogen) atoms. The van der Waals surface area contributed by atoms with Gasteiger partial charge in [-0.2, -0.15) is 14.3 Å².